The molecule has 0 N–H and O–H groups in total. The summed E-state index contributed by atoms with van der Waals surface area (Å²) >= 11 is 0. The van der Waals surface area contributed by atoms with Gasteiger partial charge in [-0.3, -0.25) is 9.59 Å². The standard InChI is InChI=1S/C19H14O2/c1-11-7-13-9-19(10-14(13)8-12(11)2)17(20)15-5-3-4-6-16(15)18(19)21/h3-8H,1-2,9-10H2. The second-order valence-corrected chi connectivity index (χ2v) is 6.03. The monoisotopic (exact) mass is 274 g/mol. The van der Waals surface area contributed by atoms with Crippen molar-refractivity contribution in [1.29, 1.82) is 0 Å². The Bertz CT molecular complexity index is 845. The third kappa shape index (κ3) is 1.42. The van der Waals surface area contributed by atoms with Gasteiger partial charge in [0.05, 0.1) is 0 Å². The van der Waals surface area contributed by atoms with Crippen LogP contribution in [0.1, 0.15) is 31.8 Å². The van der Waals surface area contributed by atoms with E-state index >= 15 is 0 Å². The smallest absolute Gasteiger partial charge is 0.178 e. The third-order valence-corrected chi connectivity index (χ3v) is 4.79. The van der Waals surface area contributed by atoms with Gasteiger partial charge in [0.15, 0.2) is 11.6 Å². The Hall–Kier alpha value is -2.48. The van der Waals surface area contributed by atoms with Crippen LogP contribution in [0.2, 0.25) is 0 Å². The van der Waals surface area contributed by atoms with Crippen LogP contribution in [0.4, 0.5) is 0 Å². The summed E-state index contributed by atoms with van der Waals surface area (Å²) in [5.41, 5.74) is 2.33. The zero-order valence-corrected chi connectivity index (χ0v) is 11.6. The average molecular weight is 274 g/mol. The van der Waals surface area contributed by atoms with Gasteiger partial charge in [0, 0.05) is 11.1 Å². The van der Waals surface area contributed by atoms with Crippen molar-refractivity contribution in [3.63, 3.8) is 0 Å². The molecular formula is C19H14O2. The van der Waals surface area contributed by atoms with Crippen molar-refractivity contribution in [3.05, 3.63) is 69.1 Å². The Morgan fingerprint density at radius 1 is 0.810 bits per heavy atom. The number of benzene rings is 2. The molecule has 102 valence electrons. The molecule has 2 aliphatic rings. The van der Waals surface area contributed by atoms with Crippen LogP contribution in [0.5, 0.6) is 0 Å². The van der Waals surface area contributed by atoms with E-state index in [0.717, 1.165) is 21.6 Å². The van der Waals surface area contributed by atoms with Crippen LogP contribution in [0.3, 0.4) is 0 Å². The van der Waals surface area contributed by atoms with Crippen molar-refractivity contribution in [2.45, 2.75) is 12.8 Å². The second-order valence-electron chi connectivity index (χ2n) is 6.03. The molecule has 0 aliphatic heterocycles. The first-order valence-corrected chi connectivity index (χ1v) is 7.01. The van der Waals surface area contributed by atoms with Crippen LogP contribution in [-0.2, 0) is 12.8 Å². The molecule has 2 nitrogen and oxygen atoms in total. The Morgan fingerprint density at radius 2 is 1.24 bits per heavy atom. The molecule has 0 radical (unpaired) electrons. The van der Waals surface area contributed by atoms with Crippen molar-refractivity contribution < 1.29 is 9.59 Å². The summed E-state index contributed by atoms with van der Waals surface area (Å²) in [5.74, 6) is -0.0638. The van der Waals surface area contributed by atoms with Gasteiger partial charge in [-0.1, -0.05) is 49.6 Å². The van der Waals surface area contributed by atoms with Gasteiger partial charge in [0.1, 0.15) is 5.41 Å². The summed E-state index contributed by atoms with van der Waals surface area (Å²) in [4.78, 5) is 25.6. The average Bonchev–Trinajstić information content (AvgIpc) is 2.93. The second kappa shape index (κ2) is 3.79. The van der Waals surface area contributed by atoms with Crippen LogP contribution in [0.15, 0.2) is 36.4 Å². The van der Waals surface area contributed by atoms with Gasteiger partial charge >= 0.3 is 0 Å². The number of fused-ring (bicyclic) bond motifs is 2. The van der Waals surface area contributed by atoms with Crippen molar-refractivity contribution in [2.24, 2.45) is 5.41 Å². The van der Waals surface area contributed by atoms with Crippen LogP contribution in [0, 0.1) is 5.41 Å². The Kier molecular flexibility index (Phi) is 2.22. The van der Waals surface area contributed by atoms with Gasteiger partial charge in [-0.05, 0) is 34.4 Å². The minimum absolute atomic E-state index is 0.0319. The quantitative estimate of drug-likeness (QED) is 0.685. The van der Waals surface area contributed by atoms with Crippen molar-refractivity contribution in [1.82, 2.24) is 0 Å². The SMILES string of the molecule is C=c1cc2c(cc1=C)CC1(C2)C(=O)c2ccccc2C1=O. The van der Waals surface area contributed by atoms with Gasteiger partial charge in [-0.15, -0.1) is 0 Å². The Balaban J connectivity index is 1.90. The Morgan fingerprint density at radius 3 is 1.67 bits per heavy atom. The van der Waals surface area contributed by atoms with Crippen molar-refractivity contribution >= 4 is 24.7 Å². The minimum Gasteiger partial charge on any atom is -0.293 e. The summed E-state index contributed by atoms with van der Waals surface area (Å²) < 4.78 is 0. The molecule has 0 bridgehead atoms. The zero-order valence-electron chi connectivity index (χ0n) is 11.6. The van der Waals surface area contributed by atoms with E-state index in [-0.39, 0.29) is 11.6 Å². The number of ketones is 2. The number of hydrogen-bond donors (Lipinski definition) is 0. The molecule has 2 heteroatoms. The summed E-state index contributed by atoms with van der Waals surface area (Å²) in [6.07, 6.45) is 0.967. The first-order valence-electron chi connectivity index (χ1n) is 7.01. The lowest BCUT2D eigenvalue weighted by Gasteiger charge is -2.18. The van der Waals surface area contributed by atoms with Gasteiger partial charge in [-0.2, -0.15) is 0 Å². The molecule has 2 aromatic rings. The number of carbonyl (C=O) groups excluding carboxylic acids is 2. The fraction of sp³-hybridized carbons (Fsp3) is 0.158. The Labute approximate surface area is 122 Å². The zero-order chi connectivity index (χ0) is 14.8. The maximum atomic E-state index is 12.8. The predicted octanol–water partition coefficient (Wildman–Crippen LogP) is 1.67. The summed E-state index contributed by atoms with van der Waals surface area (Å²) in [7, 11) is 0. The molecule has 0 heterocycles. The fourth-order valence-corrected chi connectivity index (χ4v) is 3.65. The lowest BCUT2D eigenvalue weighted by Crippen LogP contribution is -2.34. The van der Waals surface area contributed by atoms with E-state index < -0.39 is 5.41 Å². The number of carbonyl (C=O) groups is 2. The molecule has 0 atom stereocenters. The van der Waals surface area contributed by atoms with Crippen molar-refractivity contribution in [3.8, 4) is 0 Å². The molecular weight excluding hydrogens is 260 g/mol. The first-order chi connectivity index (χ1) is 10.0. The van der Waals surface area contributed by atoms with E-state index in [1.54, 1.807) is 12.1 Å². The molecule has 4 rings (SSSR count). The van der Waals surface area contributed by atoms with E-state index in [2.05, 4.69) is 13.2 Å². The van der Waals surface area contributed by atoms with E-state index in [4.69, 9.17) is 0 Å². The molecule has 0 saturated heterocycles. The topological polar surface area (TPSA) is 34.1 Å². The molecule has 0 saturated carbocycles. The molecule has 0 unspecified atom stereocenters. The number of rotatable bonds is 0. The first kappa shape index (κ1) is 12.3. The summed E-state index contributed by atoms with van der Waals surface area (Å²) in [5, 5.41) is 1.72. The maximum absolute atomic E-state index is 12.8. The van der Waals surface area contributed by atoms with E-state index in [0.29, 0.717) is 24.0 Å². The summed E-state index contributed by atoms with van der Waals surface area (Å²) in [6.45, 7) is 7.92. The molecule has 0 aromatic heterocycles. The van der Waals surface area contributed by atoms with Gasteiger partial charge in [0.25, 0.3) is 0 Å². The predicted molar refractivity (Wildman–Crippen MR) is 81.7 cm³/mol. The molecule has 0 amide bonds. The highest BCUT2D eigenvalue weighted by atomic mass is 16.2. The van der Waals surface area contributed by atoms with Gasteiger partial charge < -0.3 is 0 Å². The lowest BCUT2D eigenvalue weighted by atomic mass is 9.80. The van der Waals surface area contributed by atoms with E-state index in [1.165, 1.54) is 0 Å². The fourth-order valence-electron chi connectivity index (χ4n) is 3.65. The maximum Gasteiger partial charge on any atom is 0.178 e. The van der Waals surface area contributed by atoms with Crippen LogP contribution in [-0.4, -0.2) is 11.6 Å². The molecule has 0 fully saturated rings. The molecule has 1 spiro atoms. The van der Waals surface area contributed by atoms with E-state index in [1.807, 2.05) is 24.3 Å². The minimum atomic E-state index is -0.924. The number of Topliss-reactive ketones (excluding diaryl/α,β-unsaturated/α-hetero) is 2. The lowest BCUT2D eigenvalue weighted by molar-refractivity contribution is 0.0710. The number of hydrogen-bond acceptors (Lipinski definition) is 2. The highest BCUT2D eigenvalue weighted by Gasteiger charge is 2.55. The third-order valence-electron chi connectivity index (χ3n) is 4.79. The highest BCUT2D eigenvalue weighted by molar-refractivity contribution is 6.30. The molecule has 21 heavy (non-hydrogen) atoms. The normalized spacial score (nSPS) is 18.1. The highest BCUT2D eigenvalue weighted by Crippen LogP contribution is 2.46. The van der Waals surface area contributed by atoms with Crippen molar-refractivity contribution in [2.75, 3.05) is 0 Å². The van der Waals surface area contributed by atoms with Crippen LogP contribution in [0.25, 0.3) is 13.2 Å². The molecule has 2 aliphatic carbocycles. The van der Waals surface area contributed by atoms with E-state index in [9.17, 15) is 9.59 Å². The van der Waals surface area contributed by atoms with Gasteiger partial charge in [0.2, 0.25) is 0 Å². The van der Waals surface area contributed by atoms with Gasteiger partial charge in [-0.25, -0.2) is 0 Å². The summed E-state index contributed by atoms with van der Waals surface area (Å²) in [6, 6.07) is 11.1. The largest absolute Gasteiger partial charge is 0.293 e. The molecule has 2 aromatic carbocycles. The van der Waals surface area contributed by atoms with Crippen LogP contribution >= 0.6 is 0 Å². The van der Waals surface area contributed by atoms with Crippen LogP contribution < -0.4 is 10.4 Å².